The molecule has 1 fully saturated rings. The minimum Gasteiger partial charge on any atom is -0.399 e. The lowest BCUT2D eigenvalue weighted by atomic mass is 9.98. The van der Waals surface area contributed by atoms with Crippen molar-refractivity contribution in [3.63, 3.8) is 0 Å². The highest BCUT2D eigenvalue weighted by atomic mass is 16.5. The molecule has 0 bridgehead atoms. The molecule has 0 aromatic heterocycles. The topological polar surface area (TPSA) is 55.6 Å². The van der Waals surface area contributed by atoms with Crippen LogP contribution in [0.25, 0.3) is 0 Å². The summed E-state index contributed by atoms with van der Waals surface area (Å²) in [4.78, 5) is 14.2. The maximum atomic E-state index is 12.2. The maximum absolute atomic E-state index is 12.2. The van der Waals surface area contributed by atoms with Gasteiger partial charge in [-0.05, 0) is 42.9 Å². The Morgan fingerprint density at radius 1 is 1.40 bits per heavy atom. The predicted molar refractivity (Wildman–Crippen MR) is 80.4 cm³/mol. The molecule has 2 N–H and O–H groups in total. The summed E-state index contributed by atoms with van der Waals surface area (Å²) in [6, 6.07) is 7.75. The van der Waals surface area contributed by atoms with E-state index in [4.69, 9.17) is 10.5 Å². The molecule has 1 aromatic carbocycles. The van der Waals surface area contributed by atoms with Crippen LogP contribution in [0.3, 0.4) is 0 Å². The Labute approximate surface area is 120 Å². The van der Waals surface area contributed by atoms with Crippen LogP contribution < -0.4 is 5.73 Å². The van der Waals surface area contributed by atoms with E-state index in [1.165, 1.54) is 0 Å². The van der Waals surface area contributed by atoms with Crippen molar-refractivity contribution in [1.82, 2.24) is 4.90 Å². The van der Waals surface area contributed by atoms with Crippen LogP contribution in [0.2, 0.25) is 0 Å². The van der Waals surface area contributed by atoms with E-state index in [1.807, 2.05) is 29.2 Å². The summed E-state index contributed by atoms with van der Waals surface area (Å²) >= 11 is 0. The molecule has 4 nitrogen and oxygen atoms in total. The number of rotatable bonds is 5. The van der Waals surface area contributed by atoms with Crippen LogP contribution in [0.5, 0.6) is 0 Å². The van der Waals surface area contributed by atoms with Crippen LogP contribution in [0.15, 0.2) is 24.3 Å². The Hall–Kier alpha value is -1.55. The summed E-state index contributed by atoms with van der Waals surface area (Å²) in [5.74, 6) is 0.747. The van der Waals surface area contributed by atoms with Gasteiger partial charge in [0, 0.05) is 32.3 Å². The molecule has 4 heteroatoms. The van der Waals surface area contributed by atoms with Gasteiger partial charge in [-0.3, -0.25) is 4.79 Å². The van der Waals surface area contributed by atoms with Gasteiger partial charge in [0.15, 0.2) is 0 Å². The first-order valence-corrected chi connectivity index (χ1v) is 7.30. The van der Waals surface area contributed by atoms with Gasteiger partial charge in [0.05, 0.1) is 6.61 Å². The predicted octanol–water partition coefficient (Wildman–Crippen LogP) is 2.09. The van der Waals surface area contributed by atoms with E-state index in [0.29, 0.717) is 12.3 Å². The molecule has 1 amide bonds. The molecule has 1 heterocycles. The number of likely N-dealkylation sites (tertiary alicyclic amines) is 1. The molecule has 0 aliphatic carbocycles. The lowest BCUT2D eigenvalue weighted by molar-refractivity contribution is -0.133. The SMILES string of the molecule is COCC1CCCN(C(=O)CCc2ccc(N)cc2)C1. The molecule has 20 heavy (non-hydrogen) atoms. The molecule has 0 radical (unpaired) electrons. The fourth-order valence-corrected chi connectivity index (χ4v) is 2.76. The van der Waals surface area contributed by atoms with Gasteiger partial charge >= 0.3 is 0 Å². The van der Waals surface area contributed by atoms with E-state index in [9.17, 15) is 4.79 Å². The molecule has 1 aromatic rings. The standard InChI is InChI=1S/C16H24N2O2/c1-20-12-14-3-2-10-18(11-14)16(19)9-6-13-4-7-15(17)8-5-13/h4-5,7-8,14H,2-3,6,9-12,17H2,1H3. The fourth-order valence-electron chi connectivity index (χ4n) is 2.76. The molecule has 0 spiro atoms. The molecular formula is C16H24N2O2. The third-order valence-corrected chi connectivity index (χ3v) is 3.88. The lowest BCUT2D eigenvalue weighted by Crippen LogP contribution is -2.41. The number of nitrogens with zero attached hydrogens (tertiary/aromatic N) is 1. The summed E-state index contributed by atoms with van der Waals surface area (Å²) in [5.41, 5.74) is 7.58. The molecule has 1 saturated heterocycles. The van der Waals surface area contributed by atoms with E-state index in [0.717, 1.165) is 50.2 Å². The number of amides is 1. The highest BCUT2D eigenvalue weighted by Gasteiger charge is 2.23. The molecule has 1 aliphatic rings. The van der Waals surface area contributed by atoms with Crippen molar-refractivity contribution < 1.29 is 9.53 Å². The normalized spacial score (nSPS) is 19.1. The number of carbonyl (C=O) groups excluding carboxylic acids is 1. The first-order chi connectivity index (χ1) is 9.69. The van der Waals surface area contributed by atoms with E-state index in [2.05, 4.69) is 0 Å². The van der Waals surface area contributed by atoms with Crippen LogP contribution in [0.4, 0.5) is 5.69 Å². The highest BCUT2D eigenvalue weighted by molar-refractivity contribution is 5.76. The Balaban J connectivity index is 1.80. The second-order valence-electron chi connectivity index (χ2n) is 5.54. The summed E-state index contributed by atoms with van der Waals surface area (Å²) in [7, 11) is 1.72. The summed E-state index contributed by atoms with van der Waals surface area (Å²) in [5, 5.41) is 0. The number of ether oxygens (including phenoxy) is 1. The van der Waals surface area contributed by atoms with Crippen molar-refractivity contribution in [2.45, 2.75) is 25.7 Å². The third kappa shape index (κ3) is 4.23. The minimum atomic E-state index is 0.252. The number of nitrogen functional groups attached to an aromatic ring is 1. The van der Waals surface area contributed by atoms with Gasteiger partial charge < -0.3 is 15.4 Å². The number of hydrogen-bond acceptors (Lipinski definition) is 3. The highest BCUT2D eigenvalue weighted by Crippen LogP contribution is 2.18. The zero-order chi connectivity index (χ0) is 14.4. The number of anilines is 1. The quantitative estimate of drug-likeness (QED) is 0.838. The van der Waals surface area contributed by atoms with Crippen LogP contribution in [-0.2, 0) is 16.0 Å². The van der Waals surface area contributed by atoms with Gasteiger partial charge in [0.25, 0.3) is 0 Å². The lowest BCUT2D eigenvalue weighted by Gasteiger charge is -2.32. The van der Waals surface area contributed by atoms with Gasteiger partial charge in [0.2, 0.25) is 5.91 Å². The first kappa shape index (κ1) is 14.9. The summed E-state index contributed by atoms with van der Waals surface area (Å²) < 4.78 is 5.20. The van der Waals surface area contributed by atoms with Crippen molar-refractivity contribution in [3.8, 4) is 0 Å². The summed E-state index contributed by atoms with van der Waals surface area (Å²) in [6.45, 7) is 2.48. The molecule has 1 aliphatic heterocycles. The van der Waals surface area contributed by atoms with Crippen molar-refractivity contribution >= 4 is 11.6 Å². The third-order valence-electron chi connectivity index (χ3n) is 3.88. The average molecular weight is 276 g/mol. The Kier molecular flexibility index (Phi) is 5.41. The van der Waals surface area contributed by atoms with Gasteiger partial charge in [-0.15, -0.1) is 0 Å². The summed E-state index contributed by atoms with van der Waals surface area (Å²) in [6.07, 6.45) is 3.60. The number of methoxy groups -OCH3 is 1. The van der Waals surface area contributed by atoms with Crippen LogP contribution in [0, 0.1) is 5.92 Å². The molecule has 2 rings (SSSR count). The van der Waals surface area contributed by atoms with Crippen molar-refractivity contribution in [3.05, 3.63) is 29.8 Å². The van der Waals surface area contributed by atoms with E-state index >= 15 is 0 Å². The molecule has 1 unspecified atom stereocenters. The number of piperidine rings is 1. The van der Waals surface area contributed by atoms with Gasteiger partial charge in [-0.2, -0.15) is 0 Å². The Bertz CT molecular complexity index is 429. The zero-order valence-electron chi connectivity index (χ0n) is 12.2. The van der Waals surface area contributed by atoms with Crippen molar-refractivity contribution in [2.75, 3.05) is 32.5 Å². The number of carbonyl (C=O) groups is 1. The molecular weight excluding hydrogens is 252 g/mol. The Morgan fingerprint density at radius 3 is 2.85 bits per heavy atom. The van der Waals surface area contributed by atoms with E-state index in [-0.39, 0.29) is 5.91 Å². The molecule has 0 saturated carbocycles. The number of aryl methyl sites for hydroxylation is 1. The largest absolute Gasteiger partial charge is 0.399 e. The van der Waals surface area contributed by atoms with Crippen LogP contribution >= 0.6 is 0 Å². The van der Waals surface area contributed by atoms with Crippen molar-refractivity contribution in [2.24, 2.45) is 5.92 Å². The second-order valence-corrected chi connectivity index (χ2v) is 5.54. The van der Waals surface area contributed by atoms with Crippen molar-refractivity contribution in [1.29, 1.82) is 0 Å². The van der Waals surface area contributed by atoms with Gasteiger partial charge in [-0.25, -0.2) is 0 Å². The van der Waals surface area contributed by atoms with Gasteiger partial charge in [-0.1, -0.05) is 12.1 Å². The minimum absolute atomic E-state index is 0.252. The zero-order valence-corrected chi connectivity index (χ0v) is 12.2. The number of hydrogen-bond donors (Lipinski definition) is 1. The Morgan fingerprint density at radius 2 is 2.15 bits per heavy atom. The van der Waals surface area contributed by atoms with Crippen LogP contribution in [0.1, 0.15) is 24.8 Å². The van der Waals surface area contributed by atoms with E-state index < -0.39 is 0 Å². The fraction of sp³-hybridized carbons (Fsp3) is 0.562. The number of nitrogens with two attached hydrogens (primary N) is 1. The second kappa shape index (κ2) is 7.29. The number of benzene rings is 1. The molecule has 110 valence electrons. The first-order valence-electron chi connectivity index (χ1n) is 7.30. The average Bonchev–Trinajstić information content (AvgIpc) is 2.47. The van der Waals surface area contributed by atoms with Crippen LogP contribution in [-0.4, -0.2) is 37.6 Å². The monoisotopic (exact) mass is 276 g/mol. The van der Waals surface area contributed by atoms with E-state index in [1.54, 1.807) is 7.11 Å². The maximum Gasteiger partial charge on any atom is 0.222 e. The molecule has 1 atom stereocenters. The smallest absolute Gasteiger partial charge is 0.222 e. The van der Waals surface area contributed by atoms with Gasteiger partial charge in [0.1, 0.15) is 0 Å².